The Hall–Kier alpha value is -2.29. The standard InChI is InChI=1S/C17H17IN2O4/c1-10-6-15(23-2)16(24-3)8-12(10)9-19-20-17(22)11-4-5-13(18)14(21)7-11/h4-9,21H,1-3H3,(H,20,22)/b19-9-. The van der Waals surface area contributed by atoms with Gasteiger partial charge in [0, 0.05) is 11.1 Å². The van der Waals surface area contributed by atoms with E-state index in [1.165, 1.54) is 12.3 Å². The van der Waals surface area contributed by atoms with Gasteiger partial charge >= 0.3 is 0 Å². The number of aryl methyl sites for hydroxylation is 1. The molecule has 0 aliphatic heterocycles. The minimum absolute atomic E-state index is 0.0583. The molecule has 0 heterocycles. The smallest absolute Gasteiger partial charge is 0.271 e. The van der Waals surface area contributed by atoms with Gasteiger partial charge in [-0.2, -0.15) is 5.10 Å². The van der Waals surface area contributed by atoms with Gasteiger partial charge in [-0.25, -0.2) is 5.43 Å². The molecule has 2 N–H and O–H groups in total. The zero-order valence-corrected chi connectivity index (χ0v) is 15.6. The number of nitrogens with zero attached hydrogens (tertiary/aromatic N) is 1. The van der Waals surface area contributed by atoms with Crippen LogP contribution < -0.4 is 14.9 Å². The number of hydrogen-bond donors (Lipinski definition) is 2. The molecule has 24 heavy (non-hydrogen) atoms. The molecule has 0 aromatic heterocycles. The van der Waals surface area contributed by atoms with Gasteiger partial charge in [0.15, 0.2) is 11.5 Å². The molecule has 0 radical (unpaired) electrons. The van der Waals surface area contributed by atoms with Gasteiger partial charge in [0.25, 0.3) is 5.91 Å². The van der Waals surface area contributed by atoms with Gasteiger partial charge in [0.1, 0.15) is 5.75 Å². The number of benzene rings is 2. The summed E-state index contributed by atoms with van der Waals surface area (Å²) in [4.78, 5) is 12.0. The van der Waals surface area contributed by atoms with Crippen molar-refractivity contribution in [2.24, 2.45) is 5.10 Å². The average molecular weight is 440 g/mol. The Morgan fingerprint density at radius 2 is 1.88 bits per heavy atom. The molecule has 0 saturated heterocycles. The van der Waals surface area contributed by atoms with Crippen molar-refractivity contribution in [3.05, 3.63) is 50.6 Å². The molecule has 2 aromatic rings. The molecule has 2 rings (SSSR count). The predicted molar refractivity (Wildman–Crippen MR) is 100 cm³/mol. The summed E-state index contributed by atoms with van der Waals surface area (Å²) in [7, 11) is 3.13. The van der Waals surface area contributed by atoms with Crippen LogP contribution in [0, 0.1) is 10.5 Å². The highest BCUT2D eigenvalue weighted by Gasteiger charge is 2.09. The first-order valence-corrected chi connectivity index (χ1v) is 8.08. The Balaban J connectivity index is 2.13. The summed E-state index contributed by atoms with van der Waals surface area (Å²) >= 11 is 1.98. The molecule has 0 saturated carbocycles. The van der Waals surface area contributed by atoms with Gasteiger partial charge < -0.3 is 14.6 Å². The summed E-state index contributed by atoms with van der Waals surface area (Å²) in [5.41, 5.74) is 4.48. The van der Waals surface area contributed by atoms with E-state index < -0.39 is 5.91 Å². The number of phenols is 1. The quantitative estimate of drug-likeness (QED) is 0.426. The van der Waals surface area contributed by atoms with Gasteiger partial charge in [0.05, 0.1) is 24.0 Å². The van der Waals surface area contributed by atoms with Crippen LogP contribution in [0.4, 0.5) is 0 Å². The molecule has 1 amide bonds. The number of hydrazone groups is 1. The van der Waals surface area contributed by atoms with E-state index in [0.29, 0.717) is 20.6 Å². The molecule has 0 unspecified atom stereocenters. The first-order chi connectivity index (χ1) is 11.5. The largest absolute Gasteiger partial charge is 0.507 e. The average Bonchev–Trinajstić information content (AvgIpc) is 2.58. The first kappa shape index (κ1) is 18.1. The second kappa shape index (κ2) is 8.00. The Morgan fingerprint density at radius 3 is 2.50 bits per heavy atom. The minimum atomic E-state index is -0.406. The van der Waals surface area contributed by atoms with Crippen molar-refractivity contribution < 1.29 is 19.4 Å². The van der Waals surface area contributed by atoms with E-state index in [4.69, 9.17) is 9.47 Å². The SMILES string of the molecule is COc1cc(C)c(/C=N\NC(=O)c2ccc(I)c(O)c2)cc1OC. The molecule has 0 spiro atoms. The van der Waals surface area contributed by atoms with Crippen molar-refractivity contribution >= 4 is 34.7 Å². The number of carbonyl (C=O) groups excluding carboxylic acids is 1. The van der Waals surface area contributed by atoms with Crippen molar-refractivity contribution in [2.45, 2.75) is 6.92 Å². The summed E-state index contributed by atoms with van der Waals surface area (Å²) in [5.74, 6) is 0.864. The number of nitrogens with one attached hydrogen (secondary N) is 1. The van der Waals surface area contributed by atoms with E-state index in [0.717, 1.165) is 11.1 Å². The zero-order valence-electron chi connectivity index (χ0n) is 13.5. The maximum Gasteiger partial charge on any atom is 0.271 e. The highest BCUT2D eigenvalue weighted by molar-refractivity contribution is 14.1. The highest BCUT2D eigenvalue weighted by Crippen LogP contribution is 2.29. The number of amides is 1. The van der Waals surface area contributed by atoms with Crippen molar-refractivity contribution in [1.82, 2.24) is 5.43 Å². The van der Waals surface area contributed by atoms with Crippen LogP contribution in [0.3, 0.4) is 0 Å². The van der Waals surface area contributed by atoms with Crippen molar-refractivity contribution in [2.75, 3.05) is 14.2 Å². The molecule has 0 bridgehead atoms. The fourth-order valence-corrected chi connectivity index (χ4v) is 2.35. The number of hydrogen-bond acceptors (Lipinski definition) is 5. The Kier molecular flexibility index (Phi) is 6.02. The van der Waals surface area contributed by atoms with Gasteiger partial charge in [-0.1, -0.05) is 0 Å². The van der Waals surface area contributed by atoms with Gasteiger partial charge in [-0.3, -0.25) is 4.79 Å². The number of halogens is 1. The van der Waals surface area contributed by atoms with E-state index in [1.54, 1.807) is 32.4 Å². The number of phenolic OH excluding ortho intramolecular Hbond substituents is 1. The third-order valence-corrected chi connectivity index (χ3v) is 4.26. The lowest BCUT2D eigenvalue weighted by Crippen LogP contribution is -2.17. The van der Waals surface area contributed by atoms with Crippen molar-refractivity contribution in [1.29, 1.82) is 0 Å². The number of methoxy groups -OCH3 is 2. The molecular formula is C17H17IN2O4. The first-order valence-electron chi connectivity index (χ1n) is 7.00. The van der Waals surface area contributed by atoms with E-state index >= 15 is 0 Å². The Bertz CT molecular complexity index is 790. The summed E-state index contributed by atoms with van der Waals surface area (Å²) < 4.78 is 11.2. The summed E-state index contributed by atoms with van der Waals surface area (Å²) in [6.45, 7) is 1.91. The number of aromatic hydroxyl groups is 1. The van der Waals surface area contributed by atoms with Gasteiger partial charge in [0.2, 0.25) is 0 Å². The van der Waals surface area contributed by atoms with E-state index in [-0.39, 0.29) is 5.75 Å². The lowest BCUT2D eigenvalue weighted by Gasteiger charge is -2.10. The van der Waals surface area contributed by atoms with Crippen LogP contribution in [0.5, 0.6) is 17.2 Å². The Morgan fingerprint density at radius 1 is 1.21 bits per heavy atom. The molecule has 2 aromatic carbocycles. The third kappa shape index (κ3) is 4.16. The summed E-state index contributed by atoms with van der Waals surface area (Å²) in [6.07, 6.45) is 1.53. The molecule has 126 valence electrons. The summed E-state index contributed by atoms with van der Waals surface area (Å²) in [6, 6.07) is 8.29. The maximum atomic E-state index is 12.0. The van der Waals surface area contributed by atoms with Crippen LogP contribution in [0.1, 0.15) is 21.5 Å². The fraction of sp³-hybridized carbons (Fsp3) is 0.176. The zero-order chi connectivity index (χ0) is 17.7. The number of carbonyl (C=O) groups is 1. The number of ether oxygens (including phenoxy) is 2. The van der Waals surface area contributed by atoms with Gasteiger partial charge in [-0.15, -0.1) is 0 Å². The van der Waals surface area contributed by atoms with Crippen LogP contribution in [0.25, 0.3) is 0 Å². The van der Waals surface area contributed by atoms with Crippen LogP contribution >= 0.6 is 22.6 Å². The molecular weight excluding hydrogens is 423 g/mol. The van der Waals surface area contributed by atoms with Crippen molar-refractivity contribution in [3.63, 3.8) is 0 Å². The van der Waals surface area contributed by atoms with Gasteiger partial charge in [-0.05, 0) is 65.4 Å². The van der Waals surface area contributed by atoms with E-state index in [2.05, 4.69) is 10.5 Å². The van der Waals surface area contributed by atoms with E-state index in [1.807, 2.05) is 35.6 Å². The maximum absolute atomic E-state index is 12.0. The second-order valence-electron chi connectivity index (χ2n) is 4.93. The lowest BCUT2D eigenvalue weighted by molar-refractivity contribution is 0.0954. The molecule has 6 nitrogen and oxygen atoms in total. The molecule has 0 fully saturated rings. The molecule has 0 aliphatic rings. The molecule has 7 heteroatoms. The highest BCUT2D eigenvalue weighted by atomic mass is 127. The van der Waals surface area contributed by atoms with Crippen LogP contribution in [0.15, 0.2) is 35.4 Å². The predicted octanol–water partition coefficient (Wildman–Crippen LogP) is 3.09. The van der Waals surface area contributed by atoms with Crippen LogP contribution in [-0.4, -0.2) is 31.4 Å². The molecule has 0 atom stereocenters. The van der Waals surface area contributed by atoms with E-state index in [9.17, 15) is 9.90 Å². The Labute approximate surface area is 153 Å². The minimum Gasteiger partial charge on any atom is -0.507 e. The second-order valence-corrected chi connectivity index (χ2v) is 6.09. The normalized spacial score (nSPS) is 10.7. The number of rotatable bonds is 5. The van der Waals surface area contributed by atoms with Crippen LogP contribution in [0.2, 0.25) is 0 Å². The summed E-state index contributed by atoms with van der Waals surface area (Å²) in [5, 5.41) is 13.6. The van der Waals surface area contributed by atoms with Crippen LogP contribution in [-0.2, 0) is 0 Å². The molecule has 0 aliphatic carbocycles. The third-order valence-electron chi connectivity index (χ3n) is 3.35. The van der Waals surface area contributed by atoms with Crippen molar-refractivity contribution in [3.8, 4) is 17.2 Å². The lowest BCUT2D eigenvalue weighted by atomic mass is 10.1. The monoisotopic (exact) mass is 440 g/mol. The fourth-order valence-electron chi connectivity index (χ4n) is 2.01. The topological polar surface area (TPSA) is 80.2 Å².